The standard InChI is InChI=1S/C11H21N3O2/c1-3-12-10-5-4-7-14(11(10)16)8-6-13-9(2)15/h10,12H,3-8H2,1-2H3,(H,13,15). The lowest BCUT2D eigenvalue weighted by Crippen LogP contribution is -2.52. The number of carbonyl (C=O) groups is 2. The van der Waals surface area contributed by atoms with Gasteiger partial charge in [0.05, 0.1) is 6.04 Å². The smallest absolute Gasteiger partial charge is 0.239 e. The molecule has 0 aliphatic carbocycles. The van der Waals surface area contributed by atoms with E-state index in [-0.39, 0.29) is 17.9 Å². The second-order valence-corrected chi connectivity index (χ2v) is 4.06. The van der Waals surface area contributed by atoms with Crippen molar-refractivity contribution < 1.29 is 9.59 Å². The van der Waals surface area contributed by atoms with E-state index in [1.54, 1.807) is 0 Å². The van der Waals surface area contributed by atoms with Crippen LogP contribution in [-0.4, -0.2) is 48.9 Å². The molecule has 5 nitrogen and oxygen atoms in total. The molecular weight excluding hydrogens is 206 g/mol. The maximum Gasteiger partial charge on any atom is 0.239 e. The predicted octanol–water partition coefficient (Wildman–Crippen LogP) is -0.277. The van der Waals surface area contributed by atoms with Gasteiger partial charge in [0.15, 0.2) is 0 Å². The number of likely N-dealkylation sites (tertiary alicyclic amines) is 1. The summed E-state index contributed by atoms with van der Waals surface area (Å²) >= 11 is 0. The van der Waals surface area contributed by atoms with Gasteiger partial charge in [-0.1, -0.05) is 6.92 Å². The van der Waals surface area contributed by atoms with Gasteiger partial charge in [0.25, 0.3) is 0 Å². The zero-order valence-corrected chi connectivity index (χ0v) is 10.1. The molecule has 0 aromatic rings. The molecule has 0 saturated carbocycles. The predicted molar refractivity (Wildman–Crippen MR) is 62.0 cm³/mol. The molecular formula is C11H21N3O2. The minimum absolute atomic E-state index is 0.0314. The fourth-order valence-electron chi connectivity index (χ4n) is 1.96. The lowest BCUT2D eigenvalue weighted by molar-refractivity contribution is -0.136. The van der Waals surface area contributed by atoms with Gasteiger partial charge in [-0.05, 0) is 19.4 Å². The lowest BCUT2D eigenvalue weighted by atomic mass is 10.0. The summed E-state index contributed by atoms with van der Waals surface area (Å²) in [5, 5.41) is 5.89. The highest BCUT2D eigenvalue weighted by Crippen LogP contribution is 2.10. The fraction of sp³-hybridized carbons (Fsp3) is 0.818. The van der Waals surface area contributed by atoms with E-state index in [4.69, 9.17) is 0 Å². The van der Waals surface area contributed by atoms with E-state index in [1.165, 1.54) is 6.92 Å². The van der Waals surface area contributed by atoms with Crippen LogP contribution in [0.15, 0.2) is 0 Å². The third-order valence-corrected chi connectivity index (χ3v) is 2.74. The van der Waals surface area contributed by atoms with E-state index in [2.05, 4.69) is 10.6 Å². The van der Waals surface area contributed by atoms with Crippen LogP contribution in [0, 0.1) is 0 Å². The number of carbonyl (C=O) groups excluding carboxylic acids is 2. The average Bonchev–Trinajstić information content (AvgIpc) is 2.23. The Morgan fingerprint density at radius 2 is 2.31 bits per heavy atom. The van der Waals surface area contributed by atoms with Crippen LogP contribution in [0.3, 0.4) is 0 Å². The number of hydrogen-bond acceptors (Lipinski definition) is 3. The Morgan fingerprint density at radius 3 is 2.94 bits per heavy atom. The van der Waals surface area contributed by atoms with Crippen LogP contribution in [0.5, 0.6) is 0 Å². The van der Waals surface area contributed by atoms with Crippen LogP contribution in [0.4, 0.5) is 0 Å². The summed E-state index contributed by atoms with van der Waals surface area (Å²) in [6.45, 7) is 6.26. The maximum absolute atomic E-state index is 11.9. The number of nitrogens with one attached hydrogen (secondary N) is 2. The lowest BCUT2D eigenvalue weighted by Gasteiger charge is -2.32. The van der Waals surface area contributed by atoms with Crippen LogP contribution in [0.2, 0.25) is 0 Å². The largest absolute Gasteiger partial charge is 0.355 e. The normalized spacial score (nSPS) is 21.0. The summed E-state index contributed by atoms with van der Waals surface area (Å²) in [6.07, 6.45) is 1.95. The van der Waals surface area contributed by atoms with Crippen molar-refractivity contribution in [1.82, 2.24) is 15.5 Å². The Hall–Kier alpha value is -1.10. The minimum Gasteiger partial charge on any atom is -0.355 e. The number of hydrogen-bond donors (Lipinski definition) is 2. The van der Waals surface area contributed by atoms with E-state index in [0.29, 0.717) is 13.1 Å². The Morgan fingerprint density at radius 1 is 1.56 bits per heavy atom. The quantitative estimate of drug-likeness (QED) is 0.679. The Labute approximate surface area is 96.6 Å². The minimum atomic E-state index is -0.0484. The topological polar surface area (TPSA) is 61.4 Å². The van der Waals surface area contributed by atoms with Gasteiger partial charge >= 0.3 is 0 Å². The van der Waals surface area contributed by atoms with E-state index in [0.717, 1.165) is 25.9 Å². The zero-order valence-electron chi connectivity index (χ0n) is 10.1. The van der Waals surface area contributed by atoms with Crippen molar-refractivity contribution in [3.8, 4) is 0 Å². The molecule has 2 amide bonds. The molecule has 1 rings (SSSR count). The molecule has 0 bridgehead atoms. The molecule has 0 radical (unpaired) electrons. The fourth-order valence-corrected chi connectivity index (χ4v) is 1.96. The van der Waals surface area contributed by atoms with Gasteiger partial charge in [-0.15, -0.1) is 0 Å². The van der Waals surface area contributed by atoms with E-state index >= 15 is 0 Å². The summed E-state index contributed by atoms with van der Waals surface area (Å²) in [6, 6.07) is -0.0314. The summed E-state index contributed by atoms with van der Waals surface area (Å²) in [7, 11) is 0. The molecule has 5 heteroatoms. The van der Waals surface area contributed by atoms with Gasteiger partial charge < -0.3 is 15.5 Å². The molecule has 1 heterocycles. The van der Waals surface area contributed by atoms with Crippen molar-refractivity contribution in [2.24, 2.45) is 0 Å². The first-order valence-electron chi connectivity index (χ1n) is 5.91. The van der Waals surface area contributed by atoms with Gasteiger partial charge in [0.1, 0.15) is 0 Å². The van der Waals surface area contributed by atoms with Crippen LogP contribution in [-0.2, 0) is 9.59 Å². The van der Waals surface area contributed by atoms with Crippen molar-refractivity contribution in [1.29, 1.82) is 0 Å². The highest BCUT2D eigenvalue weighted by molar-refractivity contribution is 5.82. The third-order valence-electron chi connectivity index (χ3n) is 2.74. The maximum atomic E-state index is 11.9. The number of likely N-dealkylation sites (N-methyl/N-ethyl adjacent to an activating group) is 1. The van der Waals surface area contributed by atoms with Gasteiger partial charge in [0, 0.05) is 26.6 Å². The molecule has 1 aliphatic heterocycles. The Kier molecular flexibility index (Phi) is 5.25. The van der Waals surface area contributed by atoms with Gasteiger partial charge in [0.2, 0.25) is 11.8 Å². The average molecular weight is 227 g/mol. The molecule has 0 spiro atoms. The summed E-state index contributed by atoms with van der Waals surface area (Å²) in [5.41, 5.74) is 0. The second-order valence-electron chi connectivity index (χ2n) is 4.06. The van der Waals surface area contributed by atoms with Crippen molar-refractivity contribution >= 4 is 11.8 Å². The van der Waals surface area contributed by atoms with Crippen molar-refractivity contribution in [3.05, 3.63) is 0 Å². The van der Waals surface area contributed by atoms with Crippen LogP contribution >= 0.6 is 0 Å². The zero-order chi connectivity index (χ0) is 12.0. The van der Waals surface area contributed by atoms with Gasteiger partial charge in [-0.2, -0.15) is 0 Å². The SMILES string of the molecule is CCNC1CCCN(CCNC(C)=O)C1=O. The molecule has 2 N–H and O–H groups in total. The Bertz CT molecular complexity index is 254. The van der Waals surface area contributed by atoms with Crippen molar-refractivity contribution in [2.45, 2.75) is 32.7 Å². The van der Waals surface area contributed by atoms with Crippen molar-refractivity contribution in [3.63, 3.8) is 0 Å². The first-order chi connectivity index (χ1) is 7.65. The third kappa shape index (κ3) is 3.81. The van der Waals surface area contributed by atoms with E-state index in [1.807, 2.05) is 11.8 Å². The highest BCUT2D eigenvalue weighted by atomic mass is 16.2. The first-order valence-corrected chi connectivity index (χ1v) is 5.91. The monoisotopic (exact) mass is 227 g/mol. The summed E-state index contributed by atoms with van der Waals surface area (Å²) in [4.78, 5) is 24.5. The molecule has 1 aliphatic rings. The molecule has 1 fully saturated rings. The van der Waals surface area contributed by atoms with Crippen LogP contribution < -0.4 is 10.6 Å². The van der Waals surface area contributed by atoms with E-state index < -0.39 is 0 Å². The van der Waals surface area contributed by atoms with Crippen LogP contribution in [0.25, 0.3) is 0 Å². The number of piperidine rings is 1. The molecule has 1 saturated heterocycles. The van der Waals surface area contributed by atoms with Gasteiger partial charge in [-0.25, -0.2) is 0 Å². The number of rotatable bonds is 5. The molecule has 1 unspecified atom stereocenters. The Balaban J connectivity index is 2.35. The summed E-state index contributed by atoms with van der Waals surface area (Å²) in [5.74, 6) is 0.117. The van der Waals surface area contributed by atoms with Crippen molar-refractivity contribution in [2.75, 3.05) is 26.2 Å². The molecule has 16 heavy (non-hydrogen) atoms. The highest BCUT2D eigenvalue weighted by Gasteiger charge is 2.27. The molecule has 92 valence electrons. The van der Waals surface area contributed by atoms with E-state index in [9.17, 15) is 9.59 Å². The number of nitrogens with zero attached hydrogens (tertiary/aromatic N) is 1. The molecule has 0 aromatic heterocycles. The second kappa shape index (κ2) is 6.48. The van der Waals surface area contributed by atoms with Crippen LogP contribution in [0.1, 0.15) is 26.7 Å². The first kappa shape index (κ1) is 13.0. The summed E-state index contributed by atoms with van der Waals surface area (Å²) < 4.78 is 0. The van der Waals surface area contributed by atoms with Gasteiger partial charge in [-0.3, -0.25) is 9.59 Å². The molecule has 0 aromatic carbocycles. The number of amides is 2. The molecule has 1 atom stereocenters.